The minimum atomic E-state index is -0.142. The van der Waals surface area contributed by atoms with Gasteiger partial charge in [-0.25, -0.2) is 15.0 Å². The Morgan fingerprint density at radius 1 is 0.421 bits per heavy atom. The van der Waals surface area contributed by atoms with E-state index in [1.165, 1.54) is 0 Å². The number of ether oxygens (including phenoxy) is 6. The van der Waals surface area contributed by atoms with E-state index in [0.29, 0.717) is 57.3 Å². The molecule has 9 rings (SSSR count). The van der Waals surface area contributed by atoms with Crippen molar-refractivity contribution in [2.45, 2.75) is 95.7 Å². The summed E-state index contributed by atoms with van der Waals surface area (Å²) in [5.74, 6) is 4.01. The molecule has 3 aromatic heterocycles. The van der Waals surface area contributed by atoms with E-state index in [2.05, 4.69) is 50.4 Å². The summed E-state index contributed by atoms with van der Waals surface area (Å²) in [4.78, 5) is 20.7. The van der Waals surface area contributed by atoms with Crippen LogP contribution in [0.2, 0.25) is 0 Å². The van der Waals surface area contributed by atoms with Gasteiger partial charge < -0.3 is 43.7 Å². The van der Waals surface area contributed by atoms with Crippen LogP contribution in [0.3, 0.4) is 0 Å². The average molecular weight is 793 g/mol. The molecule has 6 aliphatic rings. The fourth-order valence-electron chi connectivity index (χ4n) is 7.91. The van der Waals surface area contributed by atoms with Crippen LogP contribution in [0.25, 0.3) is 0 Å². The maximum Gasteiger partial charge on any atom is 0.257 e. The second-order valence-corrected chi connectivity index (χ2v) is 15.5. The molecule has 57 heavy (non-hydrogen) atoms. The standard InChI is InChI=1S/3C14H20N2O3/c3*1-10(16-6-4-11(17)5-7-16)12-2-3-13-14(15-12)19-9-8-18-13/h3*2-3,10-11,17H,4-9H2,1H3/t2*10-;/m10./s1. The Labute approximate surface area is 335 Å². The lowest BCUT2D eigenvalue weighted by Gasteiger charge is -2.34. The van der Waals surface area contributed by atoms with Gasteiger partial charge in [0.05, 0.1) is 35.4 Å². The molecule has 6 aliphatic heterocycles. The zero-order chi connectivity index (χ0) is 39.7. The van der Waals surface area contributed by atoms with Gasteiger partial charge in [0, 0.05) is 57.4 Å². The van der Waals surface area contributed by atoms with Gasteiger partial charge in [-0.3, -0.25) is 14.7 Å². The number of aliphatic hydroxyl groups excluding tert-OH is 3. The Morgan fingerprint density at radius 3 is 0.930 bits per heavy atom. The van der Waals surface area contributed by atoms with E-state index < -0.39 is 0 Å². The number of pyridine rings is 3. The fraction of sp³-hybridized carbons (Fsp3) is 0.643. The largest absolute Gasteiger partial charge is 0.484 e. The first-order valence-corrected chi connectivity index (χ1v) is 20.8. The molecular weight excluding hydrogens is 732 g/mol. The van der Waals surface area contributed by atoms with Gasteiger partial charge in [0.1, 0.15) is 39.6 Å². The molecule has 0 amide bonds. The predicted molar refractivity (Wildman–Crippen MR) is 211 cm³/mol. The molecule has 3 fully saturated rings. The Morgan fingerprint density at radius 2 is 0.667 bits per heavy atom. The van der Waals surface area contributed by atoms with E-state index in [9.17, 15) is 15.3 Å². The van der Waals surface area contributed by atoms with E-state index in [1.807, 2.05) is 36.4 Å². The number of hydrogen-bond acceptors (Lipinski definition) is 15. The van der Waals surface area contributed by atoms with Gasteiger partial charge in [0.2, 0.25) is 0 Å². The van der Waals surface area contributed by atoms with Crippen LogP contribution in [0.15, 0.2) is 36.4 Å². The lowest BCUT2D eigenvalue weighted by molar-refractivity contribution is 0.0630. The van der Waals surface area contributed by atoms with Crippen LogP contribution >= 0.6 is 0 Å². The summed E-state index contributed by atoms with van der Waals surface area (Å²) in [7, 11) is 0. The van der Waals surface area contributed by atoms with Crippen LogP contribution < -0.4 is 28.4 Å². The highest BCUT2D eigenvalue weighted by Gasteiger charge is 2.27. The van der Waals surface area contributed by atoms with Gasteiger partial charge in [-0.1, -0.05) is 0 Å². The Kier molecular flexibility index (Phi) is 14.2. The number of piperidine rings is 3. The first kappa shape index (κ1) is 41.2. The minimum Gasteiger partial charge on any atom is -0.484 e. The van der Waals surface area contributed by atoms with Crippen LogP contribution in [-0.4, -0.2) is 142 Å². The first-order valence-electron chi connectivity index (χ1n) is 20.8. The van der Waals surface area contributed by atoms with Crippen LogP contribution in [0.5, 0.6) is 34.9 Å². The third-order valence-corrected chi connectivity index (χ3v) is 11.7. The van der Waals surface area contributed by atoms with Gasteiger partial charge in [-0.2, -0.15) is 0 Å². The van der Waals surface area contributed by atoms with E-state index in [-0.39, 0.29) is 36.4 Å². The number of nitrogens with zero attached hydrogens (tertiary/aromatic N) is 6. The SMILES string of the molecule is CC(c1ccc2c(n1)OCCO2)N1CCC(O)CC1.C[C@@H](c1ccc2c(n1)OCCO2)N1CCC(O)CC1.C[C@H](c1ccc2c(n1)OCCO2)N1CCC(O)CC1. The van der Waals surface area contributed by atoms with Crippen molar-refractivity contribution in [3.05, 3.63) is 53.5 Å². The molecule has 3 saturated heterocycles. The Balaban J connectivity index is 0.000000131. The lowest BCUT2D eigenvalue weighted by atomic mass is 10.0. The zero-order valence-corrected chi connectivity index (χ0v) is 33.6. The van der Waals surface area contributed by atoms with E-state index in [0.717, 1.165) is 112 Å². The van der Waals surface area contributed by atoms with Gasteiger partial charge in [-0.15, -0.1) is 0 Å². The normalized spacial score (nSPS) is 22.2. The molecule has 3 atom stereocenters. The number of likely N-dealkylation sites (tertiary alicyclic amines) is 3. The summed E-state index contributed by atoms with van der Waals surface area (Å²) in [5, 5.41) is 28.7. The quantitative estimate of drug-likeness (QED) is 0.327. The number of aromatic nitrogens is 3. The van der Waals surface area contributed by atoms with E-state index in [1.54, 1.807) is 0 Å². The van der Waals surface area contributed by atoms with Crippen LogP contribution in [-0.2, 0) is 0 Å². The molecule has 0 aromatic carbocycles. The third kappa shape index (κ3) is 10.7. The fourth-order valence-corrected chi connectivity index (χ4v) is 7.91. The molecule has 15 heteroatoms. The van der Waals surface area contributed by atoms with Gasteiger partial charge >= 0.3 is 0 Å². The van der Waals surface area contributed by atoms with Crippen molar-refractivity contribution >= 4 is 0 Å². The van der Waals surface area contributed by atoms with Gasteiger partial charge in [0.25, 0.3) is 17.6 Å². The molecule has 9 heterocycles. The summed E-state index contributed by atoms with van der Waals surface area (Å²) in [6.45, 7) is 15.4. The molecular formula is C42H60N6O9. The summed E-state index contributed by atoms with van der Waals surface area (Å²) < 4.78 is 33.0. The van der Waals surface area contributed by atoms with E-state index >= 15 is 0 Å². The second kappa shape index (κ2) is 19.6. The predicted octanol–water partition coefficient (Wildman–Crippen LogP) is 4.11. The van der Waals surface area contributed by atoms with Gasteiger partial charge in [0.15, 0.2) is 17.2 Å². The molecule has 0 bridgehead atoms. The Hall–Kier alpha value is -3.99. The highest BCUT2D eigenvalue weighted by Crippen LogP contribution is 2.34. The summed E-state index contributed by atoms with van der Waals surface area (Å²) in [6.07, 6.45) is 4.63. The maximum absolute atomic E-state index is 9.56. The van der Waals surface area contributed by atoms with Gasteiger partial charge in [-0.05, 0) is 95.7 Å². The number of rotatable bonds is 6. The lowest BCUT2D eigenvalue weighted by Crippen LogP contribution is -2.37. The van der Waals surface area contributed by atoms with Crippen molar-refractivity contribution in [1.29, 1.82) is 0 Å². The topological polar surface area (TPSA) is 164 Å². The monoisotopic (exact) mass is 792 g/mol. The smallest absolute Gasteiger partial charge is 0.257 e. The van der Waals surface area contributed by atoms with Crippen molar-refractivity contribution < 1.29 is 43.7 Å². The molecule has 1 unspecified atom stereocenters. The minimum absolute atomic E-state index is 0.142. The van der Waals surface area contributed by atoms with Crippen molar-refractivity contribution in [3.8, 4) is 34.9 Å². The molecule has 0 radical (unpaired) electrons. The van der Waals surface area contributed by atoms with Crippen molar-refractivity contribution in [2.24, 2.45) is 0 Å². The van der Waals surface area contributed by atoms with E-state index in [4.69, 9.17) is 28.4 Å². The number of hydrogen-bond donors (Lipinski definition) is 3. The third-order valence-electron chi connectivity index (χ3n) is 11.7. The highest BCUT2D eigenvalue weighted by atomic mass is 16.6. The van der Waals surface area contributed by atoms with Crippen molar-refractivity contribution in [2.75, 3.05) is 78.9 Å². The first-order chi connectivity index (χ1) is 27.7. The van der Waals surface area contributed by atoms with Crippen molar-refractivity contribution in [3.63, 3.8) is 0 Å². The second-order valence-electron chi connectivity index (χ2n) is 15.5. The summed E-state index contributed by atoms with van der Waals surface area (Å²) in [5.41, 5.74) is 3.00. The molecule has 0 spiro atoms. The van der Waals surface area contributed by atoms with Crippen molar-refractivity contribution in [1.82, 2.24) is 29.7 Å². The highest BCUT2D eigenvalue weighted by molar-refractivity contribution is 5.38. The molecule has 0 saturated carbocycles. The molecule has 312 valence electrons. The zero-order valence-electron chi connectivity index (χ0n) is 33.6. The summed E-state index contributed by atoms with van der Waals surface area (Å²) >= 11 is 0. The average Bonchev–Trinajstić information content (AvgIpc) is 3.26. The van der Waals surface area contributed by atoms with Crippen LogP contribution in [0, 0.1) is 0 Å². The molecule has 3 aromatic rings. The molecule has 15 nitrogen and oxygen atoms in total. The molecule has 3 N–H and O–H groups in total. The Bertz CT molecular complexity index is 1530. The van der Waals surface area contributed by atoms with Crippen LogP contribution in [0.1, 0.15) is 94.5 Å². The summed E-state index contributed by atoms with van der Waals surface area (Å²) in [6, 6.07) is 12.5. The molecule has 0 aliphatic carbocycles. The maximum atomic E-state index is 9.56. The van der Waals surface area contributed by atoms with Crippen LogP contribution in [0.4, 0.5) is 0 Å². The number of fused-ring (bicyclic) bond motifs is 3. The number of aliphatic hydroxyl groups is 3.